The van der Waals surface area contributed by atoms with Gasteiger partial charge in [-0.3, -0.25) is 0 Å². The quantitative estimate of drug-likeness (QED) is 0.0414. The van der Waals surface area contributed by atoms with E-state index in [9.17, 15) is 18.1 Å². The summed E-state index contributed by atoms with van der Waals surface area (Å²) in [5.41, 5.74) is 32.9. The standard InChI is InChI=1S/C34H28N13O4S.2Na/c35-19-2-13-27(25(37)16-19)44-40-21-4-6-23(7-5-21)42-46-29-12-1-18-15-30(52(49,50)51)33(32(39)31(18)34(29)48)47-43-24-10-8-22(9-11-24)41-45-28-14-3-20(36)17-26(28)38;;/h1-11,13-17,48H,35-39H2,(H,49,50,51);;/q-1;2*+1/p-1. The fourth-order valence-corrected chi connectivity index (χ4v) is 5.37. The van der Waals surface area contributed by atoms with Gasteiger partial charge in [0.2, 0.25) is 0 Å². The van der Waals surface area contributed by atoms with E-state index >= 15 is 0 Å². The smallest absolute Gasteiger partial charge is 0.744 e. The van der Waals surface area contributed by atoms with Gasteiger partial charge in [0.15, 0.2) is 0 Å². The van der Waals surface area contributed by atoms with Gasteiger partial charge in [-0.25, -0.2) is 8.42 Å². The number of fused-ring (bicyclic) bond motifs is 1. The van der Waals surface area contributed by atoms with Crippen LogP contribution in [-0.4, -0.2) is 18.1 Å². The van der Waals surface area contributed by atoms with Gasteiger partial charge >= 0.3 is 59.1 Å². The molecule has 0 unspecified atom stereocenters. The van der Waals surface area contributed by atoms with E-state index in [1.165, 1.54) is 18.2 Å². The van der Waals surface area contributed by atoms with Gasteiger partial charge in [0.1, 0.15) is 27.2 Å². The first-order valence-corrected chi connectivity index (χ1v) is 16.4. The van der Waals surface area contributed by atoms with Gasteiger partial charge in [-0.1, -0.05) is 11.5 Å². The van der Waals surface area contributed by atoms with Crippen LogP contribution in [0.5, 0.6) is 5.75 Å². The number of hydrogen-bond donors (Lipinski definition) is 6. The predicted molar refractivity (Wildman–Crippen MR) is 197 cm³/mol. The number of benzene rings is 6. The number of anilines is 5. The van der Waals surface area contributed by atoms with Crippen molar-refractivity contribution in [3.63, 3.8) is 0 Å². The fraction of sp³-hybridized carbons (Fsp3) is 0. The first kappa shape index (κ1) is 41.4. The monoisotopic (exact) mass is 759 g/mol. The van der Waals surface area contributed by atoms with Gasteiger partial charge in [-0.2, -0.15) is 37.7 Å². The maximum Gasteiger partial charge on any atom is 1.00 e. The van der Waals surface area contributed by atoms with E-state index in [2.05, 4.69) is 47.0 Å². The van der Waals surface area contributed by atoms with E-state index in [-0.39, 0.29) is 86.9 Å². The van der Waals surface area contributed by atoms with Crippen LogP contribution < -0.4 is 87.8 Å². The van der Waals surface area contributed by atoms with Crippen molar-refractivity contribution >= 4 is 94.8 Å². The van der Waals surface area contributed by atoms with Crippen molar-refractivity contribution in [3.8, 4) is 5.75 Å². The molecule has 0 aliphatic rings. The van der Waals surface area contributed by atoms with Crippen LogP contribution in [0.4, 0.5) is 73.9 Å². The van der Waals surface area contributed by atoms with Crippen molar-refractivity contribution in [2.24, 2.45) is 40.9 Å². The molecule has 0 aromatic heterocycles. The molecule has 6 rings (SSSR count). The van der Waals surface area contributed by atoms with Crippen molar-refractivity contribution in [1.29, 1.82) is 0 Å². The van der Waals surface area contributed by atoms with E-state index in [4.69, 9.17) is 28.7 Å². The number of rotatable bonds is 9. The molecule has 0 radical (unpaired) electrons. The second-order valence-electron chi connectivity index (χ2n) is 11.0. The molecule has 54 heavy (non-hydrogen) atoms. The normalized spacial score (nSPS) is 11.8. The Morgan fingerprint density at radius 3 is 1.43 bits per heavy atom. The molecule has 0 saturated heterocycles. The zero-order chi connectivity index (χ0) is 37.0. The van der Waals surface area contributed by atoms with Gasteiger partial charge in [-0.15, -0.1) is 20.7 Å². The molecule has 20 heteroatoms. The topological polar surface area (TPSA) is 306 Å². The molecular formula is C34H27N13Na2O4S. The molecule has 0 fully saturated rings. The van der Waals surface area contributed by atoms with Crippen molar-refractivity contribution < 1.29 is 77.2 Å². The van der Waals surface area contributed by atoms with E-state index in [0.717, 1.165) is 6.07 Å². The molecule has 11 N–H and O–H groups in total. The minimum Gasteiger partial charge on any atom is -0.744 e. The molecule has 0 saturated carbocycles. The van der Waals surface area contributed by atoms with Crippen molar-refractivity contribution in [1.82, 2.24) is 0 Å². The summed E-state index contributed by atoms with van der Waals surface area (Å²) in [5.74, 6) is -0.479. The van der Waals surface area contributed by atoms with Crippen LogP contribution in [0.2, 0.25) is 0 Å². The summed E-state index contributed by atoms with van der Waals surface area (Å²) < 4.78 is 36.7. The number of hydrogen-bond acceptors (Lipinski definition) is 17. The average molecular weight is 760 g/mol. The second-order valence-corrected chi connectivity index (χ2v) is 12.4. The number of azo groups is 4. The van der Waals surface area contributed by atoms with Crippen LogP contribution in [0, 0.1) is 6.07 Å². The van der Waals surface area contributed by atoms with Crippen LogP contribution in [0.25, 0.3) is 10.8 Å². The van der Waals surface area contributed by atoms with Crippen LogP contribution >= 0.6 is 0 Å². The zero-order valence-corrected chi connectivity index (χ0v) is 33.6. The van der Waals surface area contributed by atoms with Crippen molar-refractivity contribution in [2.45, 2.75) is 4.90 Å². The second kappa shape index (κ2) is 17.7. The van der Waals surface area contributed by atoms with Crippen LogP contribution in [0.3, 0.4) is 0 Å². The molecule has 0 heterocycles. The average Bonchev–Trinajstić information content (AvgIpc) is 3.10. The van der Waals surface area contributed by atoms with Gasteiger partial charge in [0.05, 0.1) is 39.0 Å². The third-order valence-electron chi connectivity index (χ3n) is 7.31. The maximum absolute atomic E-state index is 12.2. The number of nitrogens with two attached hydrogens (primary N) is 5. The Kier molecular flexibility index (Phi) is 13.6. The first-order chi connectivity index (χ1) is 24.9. The predicted octanol–water partition coefficient (Wildman–Crippen LogP) is 2.83. The fourth-order valence-electron chi connectivity index (χ4n) is 4.71. The van der Waals surface area contributed by atoms with Crippen LogP contribution in [-0.2, 0) is 10.1 Å². The first-order valence-electron chi connectivity index (χ1n) is 15.0. The van der Waals surface area contributed by atoms with Gasteiger partial charge < -0.3 is 38.3 Å². The zero-order valence-electron chi connectivity index (χ0n) is 28.8. The molecule has 17 nitrogen and oxygen atoms in total. The Morgan fingerprint density at radius 1 is 0.574 bits per heavy atom. The molecule has 0 atom stereocenters. The minimum absolute atomic E-state index is 0. The Hall–Kier alpha value is -5.31. The molecular weight excluding hydrogens is 733 g/mol. The van der Waals surface area contributed by atoms with E-state index in [0.29, 0.717) is 51.2 Å². The number of nitrogens with zero attached hydrogens (tertiary/aromatic N) is 8. The molecule has 0 aliphatic heterocycles. The van der Waals surface area contributed by atoms with Crippen LogP contribution in [0.1, 0.15) is 0 Å². The van der Waals surface area contributed by atoms with Gasteiger partial charge in [-0.05, 0) is 84.9 Å². The summed E-state index contributed by atoms with van der Waals surface area (Å²) in [7, 11) is -5.09. The maximum atomic E-state index is 12.2. The molecule has 0 bridgehead atoms. The Bertz CT molecular complexity index is 2570. The summed E-state index contributed by atoms with van der Waals surface area (Å²) in [6, 6.07) is 27.5. The largest absolute Gasteiger partial charge is 1.00 e. The molecule has 260 valence electrons. The van der Waals surface area contributed by atoms with E-state index in [1.807, 2.05) is 0 Å². The van der Waals surface area contributed by atoms with Crippen molar-refractivity contribution in [3.05, 3.63) is 103 Å². The minimum atomic E-state index is -5.09. The number of phenolic OH excluding ortho intramolecular Hbond substituents is 1. The van der Waals surface area contributed by atoms with Crippen molar-refractivity contribution in [2.75, 3.05) is 28.7 Å². The summed E-state index contributed by atoms with van der Waals surface area (Å²) in [6.45, 7) is 0. The summed E-state index contributed by atoms with van der Waals surface area (Å²) in [6.07, 6.45) is 0. The third-order valence-corrected chi connectivity index (χ3v) is 8.16. The molecule has 6 aromatic rings. The molecule has 0 aliphatic carbocycles. The number of aromatic hydroxyl groups is 1. The Balaban J connectivity index is 0.00000325. The Morgan fingerprint density at radius 2 is 1.00 bits per heavy atom. The Labute approximate surface area is 352 Å². The van der Waals surface area contributed by atoms with Crippen LogP contribution in [0.15, 0.2) is 143 Å². The molecule has 0 amide bonds. The van der Waals surface area contributed by atoms with E-state index in [1.54, 1.807) is 72.8 Å². The molecule has 6 aromatic carbocycles. The van der Waals surface area contributed by atoms with E-state index < -0.39 is 26.5 Å². The summed E-state index contributed by atoms with van der Waals surface area (Å²) in [4.78, 5) is -0.744. The van der Waals surface area contributed by atoms with Gasteiger partial charge in [0.25, 0.3) is 0 Å². The van der Waals surface area contributed by atoms with Gasteiger partial charge in [0, 0.05) is 28.5 Å². The number of nitrogen functional groups attached to an aromatic ring is 5. The summed E-state index contributed by atoms with van der Waals surface area (Å²) >= 11 is 0. The SMILES string of the molecule is Nc1ccc(N=Nc2ccc(N=Nc3[c-]cc4cc(S(=O)(=O)[O-])c(N=Nc5ccc(N=Nc6ccc(N)cc6N)cc5)c(N)c4c3O)cc2)c(N)c1.[Na+].[Na+]. The third kappa shape index (κ3) is 9.81. The summed E-state index contributed by atoms with van der Waals surface area (Å²) in [5, 5.41) is 43.9. The molecule has 0 spiro atoms. The number of phenols is 1.